The van der Waals surface area contributed by atoms with Crippen LogP contribution in [-0.2, 0) is 0 Å². The number of ether oxygens (including phenoxy) is 2. The summed E-state index contributed by atoms with van der Waals surface area (Å²) in [5, 5.41) is 0. The number of benzene rings is 2. The van der Waals surface area contributed by atoms with Crippen LogP contribution in [0.15, 0.2) is 65.8 Å². The molecule has 0 atom stereocenters. The quantitative estimate of drug-likeness (QED) is 0.526. The second-order valence-corrected chi connectivity index (χ2v) is 6.66. The van der Waals surface area contributed by atoms with Gasteiger partial charge in [0.15, 0.2) is 0 Å². The second-order valence-electron chi connectivity index (χ2n) is 4.42. The Morgan fingerprint density at radius 1 is 1.00 bits per heavy atom. The number of aliphatic imine (C=N–C) groups is 1. The Morgan fingerprint density at radius 3 is 2.35 bits per heavy atom. The summed E-state index contributed by atoms with van der Waals surface area (Å²) >= 11 is -0.826. The van der Waals surface area contributed by atoms with E-state index >= 15 is 0 Å². The summed E-state index contributed by atoms with van der Waals surface area (Å²) in [6.07, 6.45) is 5.48. The molecule has 0 amide bonds. The fraction of sp³-hybridized carbons (Fsp3) is 0.118. The zero-order chi connectivity index (χ0) is 16.5. The minimum atomic E-state index is -0.826. The molecular formula is C17H17ClGeN2O2. The summed E-state index contributed by atoms with van der Waals surface area (Å²) < 4.78 is 12.6. The summed E-state index contributed by atoms with van der Waals surface area (Å²) in [5.74, 6) is 1.53. The number of nitrogens with zero attached hydrogens (tertiary/aromatic N) is 2. The van der Waals surface area contributed by atoms with E-state index in [1.54, 1.807) is 20.4 Å². The molecule has 2 radical (unpaired) electrons. The SMILES string of the molecule is COc1ccccc1N=C/C=C\[N]([Ge][Cl])c1ccccc1OC. The van der Waals surface area contributed by atoms with Crippen LogP contribution in [0.2, 0.25) is 0 Å². The first-order valence-corrected chi connectivity index (χ1v) is 10.6. The summed E-state index contributed by atoms with van der Waals surface area (Å²) in [7, 11) is 9.44. The van der Waals surface area contributed by atoms with Gasteiger partial charge in [0, 0.05) is 0 Å². The van der Waals surface area contributed by atoms with E-state index in [4.69, 9.17) is 19.5 Å². The molecule has 0 aliphatic rings. The van der Waals surface area contributed by atoms with Crippen LogP contribution in [-0.4, -0.2) is 35.2 Å². The van der Waals surface area contributed by atoms with Crippen LogP contribution in [0.4, 0.5) is 11.4 Å². The maximum absolute atomic E-state index is 6.15. The van der Waals surface area contributed by atoms with E-state index in [9.17, 15) is 0 Å². The van der Waals surface area contributed by atoms with E-state index in [0.29, 0.717) is 0 Å². The first-order chi connectivity index (χ1) is 11.3. The van der Waals surface area contributed by atoms with Gasteiger partial charge in [-0.3, -0.25) is 0 Å². The second kappa shape index (κ2) is 9.27. The molecule has 0 unspecified atom stereocenters. The molecule has 118 valence electrons. The average Bonchev–Trinajstić information content (AvgIpc) is 2.62. The Kier molecular flexibility index (Phi) is 7.03. The van der Waals surface area contributed by atoms with E-state index in [-0.39, 0.29) is 0 Å². The molecular weight excluding hydrogens is 372 g/mol. The van der Waals surface area contributed by atoms with Crippen LogP contribution >= 0.6 is 10.0 Å². The van der Waals surface area contributed by atoms with Gasteiger partial charge in [0.1, 0.15) is 0 Å². The van der Waals surface area contributed by atoms with Crippen molar-refractivity contribution in [3.63, 3.8) is 0 Å². The number of halogens is 1. The number of rotatable bonds is 7. The van der Waals surface area contributed by atoms with Crippen molar-refractivity contribution in [3.8, 4) is 11.5 Å². The molecule has 0 heterocycles. The van der Waals surface area contributed by atoms with Crippen molar-refractivity contribution >= 4 is 42.3 Å². The molecule has 2 rings (SSSR count). The van der Waals surface area contributed by atoms with E-state index in [2.05, 4.69) is 4.99 Å². The van der Waals surface area contributed by atoms with E-state index in [1.807, 2.05) is 64.7 Å². The maximum atomic E-state index is 6.15. The van der Waals surface area contributed by atoms with Crippen molar-refractivity contribution < 1.29 is 9.47 Å². The van der Waals surface area contributed by atoms with Crippen LogP contribution in [0, 0.1) is 0 Å². The molecule has 0 N–H and O–H groups in total. The van der Waals surface area contributed by atoms with Crippen LogP contribution in [0.1, 0.15) is 0 Å². The van der Waals surface area contributed by atoms with Crippen molar-refractivity contribution in [2.24, 2.45) is 4.99 Å². The van der Waals surface area contributed by atoms with Gasteiger partial charge in [-0.25, -0.2) is 0 Å². The molecule has 2 aromatic carbocycles. The molecule has 0 spiro atoms. The molecule has 4 nitrogen and oxygen atoms in total. The Balaban J connectivity index is 2.13. The number of hydrogen-bond donors (Lipinski definition) is 0. The minimum absolute atomic E-state index is 0.740. The van der Waals surface area contributed by atoms with E-state index < -0.39 is 14.7 Å². The van der Waals surface area contributed by atoms with E-state index in [1.165, 1.54) is 0 Å². The average molecular weight is 389 g/mol. The van der Waals surface area contributed by atoms with Crippen molar-refractivity contribution in [1.29, 1.82) is 0 Å². The van der Waals surface area contributed by atoms with Gasteiger partial charge >= 0.3 is 147 Å². The van der Waals surface area contributed by atoms with Crippen molar-refractivity contribution in [2.45, 2.75) is 0 Å². The first-order valence-electron chi connectivity index (χ1n) is 6.92. The molecule has 6 heteroatoms. The summed E-state index contributed by atoms with van der Waals surface area (Å²) in [5.41, 5.74) is 1.73. The molecule has 0 aromatic heterocycles. The zero-order valence-electron chi connectivity index (χ0n) is 12.9. The fourth-order valence-electron chi connectivity index (χ4n) is 1.97. The van der Waals surface area contributed by atoms with Crippen LogP contribution in [0.25, 0.3) is 0 Å². The van der Waals surface area contributed by atoms with Gasteiger partial charge in [0.05, 0.1) is 0 Å². The van der Waals surface area contributed by atoms with Gasteiger partial charge in [-0.2, -0.15) is 0 Å². The molecule has 2 aromatic rings. The molecule has 0 bridgehead atoms. The number of allylic oxidation sites excluding steroid dienone is 1. The molecule has 0 saturated heterocycles. The third kappa shape index (κ3) is 4.78. The summed E-state index contributed by atoms with van der Waals surface area (Å²) in [6, 6.07) is 15.4. The van der Waals surface area contributed by atoms with Gasteiger partial charge in [-0.15, -0.1) is 0 Å². The molecule has 0 saturated carbocycles. The van der Waals surface area contributed by atoms with Gasteiger partial charge < -0.3 is 0 Å². The third-order valence-electron chi connectivity index (χ3n) is 3.06. The van der Waals surface area contributed by atoms with Crippen molar-refractivity contribution in [3.05, 3.63) is 60.8 Å². The Bertz CT molecular complexity index is 692. The first kappa shape index (κ1) is 17.4. The predicted molar refractivity (Wildman–Crippen MR) is 97.4 cm³/mol. The predicted octanol–water partition coefficient (Wildman–Crippen LogP) is 4.20. The van der Waals surface area contributed by atoms with Crippen molar-refractivity contribution in [1.82, 2.24) is 0 Å². The standard InChI is InChI=1S/C17H17ClGeN2O2/c1-22-16-10-5-3-8-14(16)20-12-7-13-21(19-18)15-9-4-6-11-17(15)23-2/h3-13H,1-2H3/b13-7-,20-12?. The zero-order valence-corrected chi connectivity index (χ0v) is 15.8. The monoisotopic (exact) mass is 390 g/mol. The van der Waals surface area contributed by atoms with Crippen LogP contribution in [0.3, 0.4) is 0 Å². The molecule has 0 aliphatic carbocycles. The topological polar surface area (TPSA) is 34.1 Å². The Hall–Kier alpha value is -1.92. The van der Waals surface area contributed by atoms with Gasteiger partial charge in [0.25, 0.3) is 0 Å². The van der Waals surface area contributed by atoms with Gasteiger partial charge in [-0.05, 0) is 0 Å². The summed E-state index contributed by atoms with van der Waals surface area (Å²) in [4.78, 5) is 4.40. The number of methoxy groups -OCH3 is 2. The Labute approximate surface area is 147 Å². The Morgan fingerprint density at radius 2 is 1.65 bits per heavy atom. The molecule has 23 heavy (non-hydrogen) atoms. The molecule has 0 aliphatic heterocycles. The number of anilines is 1. The van der Waals surface area contributed by atoms with Crippen LogP contribution < -0.4 is 13.3 Å². The fourth-order valence-corrected chi connectivity index (χ4v) is 3.61. The summed E-state index contributed by atoms with van der Waals surface area (Å²) in [6.45, 7) is 0. The van der Waals surface area contributed by atoms with Crippen molar-refractivity contribution in [2.75, 3.05) is 18.1 Å². The van der Waals surface area contributed by atoms with Gasteiger partial charge in [-0.1, -0.05) is 0 Å². The number of hydrogen-bond acceptors (Lipinski definition) is 4. The van der Waals surface area contributed by atoms with Crippen LogP contribution in [0.5, 0.6) is 11.5 Å². The van der Waals surface area contributed by atoms with E-state index in [0.717, 1.165) is 22.9 Å². The van der Waals surface area contributed by atoms with Gasteiger partial charge in [0.2, 0.25) is 0 Å². The number of para-hydroxylation sites is 4. The molecule has 0 fully saturated rings. The normalized spacial score (nSPS) is 11.1. The third-order valence-corrected chi connectivity index (χ3v) is 5.20.